The van der Waals surface area contributed by atoms with Crippen molar-refractivity contribution in [2.75, 3.05) is 12.9 Å². The van der Waals surface area contributed by atoms with E-state index in [1.807, 2.05) is 0 Å². The van der Waals surface area contributed by atoms with Crippen molar-refractivity contribution in [3.05, 3.63) is 0 Å². The first-order valence-corrected chi connectivity index (χ1v) is 5.16. The zero-order chi connectivity index (χ0) is 9.99. The fourth-order valence-electron chi connectivity index (χ4n) is 0.477. The van der Waals surface area contributed by atoms with Crippen LogP contribution in [-0.2, 0) is 13.8 Å². The Balaban J connectivity index is 4.41. The molecule has 0 N–H and O–H groups in total. The van der Waals surface area contributed by atoms with E-state index in [1.54, 1.807) is 0 Å². The summed E-state index contributed by atoms with van der Waals surface area (Å²) in [7, 11) is 1.18. The second kappa shape index (κ2) is 3.80. The van der Waals surface area contributed by atoms with Crippen LogP contribution < -0.4 is 0 Å². The number of hydrogen-bond acceptors (Lipinski definition) is 3. The Labute approximate surface area is 71.9 Å². The zero-order valence-electron chi connectivity index (χ0n) is 5.93. The molecule has 0 aliphatic carbocycles. The van der Waals surface area contributed by atoms with Crippen LogP contribution in [0.1, 0.15) is 0 Å². The average molecular weight is 227 g/mol. The summed E-state index contributed by atoms with van der Waals surface area (Å²) in [5, 5.41) is 0. The van der Waals surface area contributed by atoms with Gasteiger partial charge in [0.1, 0.15) is 0 Å². The molecular weight excluding hydrogens is 221 g/mol. The molecular formula is C4H6ClF3O3S. The van der Waals surface area contributed by atoms with Crippen LogP contribution in [0.3, 0.4) is 0 Å². The minimum atomic E-state index is -4.71. The first-order valence-electron chi connectivity index (χ1n) is 2.68. The highest BCUT2D eigenvalue weighted by atomic mass is 35.7. The molecule has 74 valence electrons. The van der Waals surface area contributed by atoms with Crippen molar-refractivity contribution < 1.29 is 26.3 Å². The number of halogens is 4. The van der Waals surface area contributed by atoms with Crippen LogP contribution >= 0.6 is 10.7 Å². The predicted molar refractivity (Wildman–Crippen MR) is 36.5 cm³/mol. The van der Waals surface area contributed by atoms with E-state index in [4.69, 9.17) is 0 Å². The van der Waals surface area contributed by atoms with Crippen molar-refractivity contribution in [3.63, 3.8) is 0 Å². The normalized spacial score (nSPS) is 16.1. The van der Waals surface area contributed by atoms with Crippen molar-refractivity contribution >= 4 is 19.7 Å². The second-order valence-corrected chi connectivity index (χ2v) is 4.79. The summed E-state index contributed by atoms with van der Waals surface area (Å²) >= 11 is 0. The molecule has 0 radical (unpaired) electrons. The maximum atomic E-state index is 11.8. The Kier molecular flexibility index (Phi) is 3.80. The van der Waals surface area contributed by atoms with Gasteiger partial charge in [-0.3, -0.25) is 0 Å². The van der Waals surface area contributed by atoms with E-state index in [9.17, 15) is 21.6 Å². The third-order valence-corrected chi connectivity index (χ3v) is 2.08. The Morgan fingerprint density at radius 3 is 2.00 bits per heavy atom. The number of hydrogen-bond donors (Lipinski definition) is 0. The Morgan fingerprint density at radius 2 is 1.92 bits per heavy atom. The molecule has 1 atom stereocenters. The van der Waals surface area contributed by atoms with Gasteiger partial charge in [-0.2, -0.15) is 13.2 Å². The molecule has 0 aromatic carbocycles. The quantitative estimate of drug-likeness (QED) is 0.678. The summed E-state index contributed by atoms with van der Waals surface area (Å²) in [5.74, 6) is -1.27. The first-order chi connectivity index (χ1) is 5.17. The van der Waals surface area contributed by atoms with E-state index in [0.29, 0.717) is 0 Å². The lowest BCUT2D eigenvalue weighted by molar-refractivity contribution is -0.204. The summed E-state index contributed by atoms with van der Waals surface area (Å²) < 4.78 is 59.8. The van der Waals surface area contributed by atoms with E-state index >= 15 is 0 Å². The molecule has 0 aromatic rings. The number of alkyl halides is 3. The lowest BCUT2D eigenvalue weighted by Crippen LogP contribution is -2.35. The van der Waals surface area contributed by atoms with Gasteiger partial charge in [0, 0.05) is 17.8 Å². The van der Waals surface area contributed by atoms with Crippen LogP contribution in [0.25, 0.3) is 0 Å². The first kappa shape index (κ1) is 12.0. The molecule has 12 heavy (non-hydrogen) atoms. The summed E-state index contributed by atoms with van der Waals surface area (Å²) in [5.41, 5.74) is 0. The fourth-order valence-corrected chi connectivity index (χ4v) is 1.51. The Hall–Kier alpha value is -0.0100. The van der Waals surface area contributed by atoms with E-state index in [-0.39, 0.29) is 0 Å². The van der Waals surface area contributed by atoms with Crippen molar-refractivity contribution in [3.8, 4) is 0 Å². The number of rotatable bonds is 3. The molecule has 0 aromatic heterocycles. The van der Waals surface area contributed by atoms with Crippen LogP contribution in [0.15, 0.2) is 0 Å². The second-order valence-electron chi connectivity index (χ2n) is 1.97. The van der Waals surface area contributed by atoms with Gasteiger partial charge in [0.25, 0.3) is 0 Å². The van der Waals surface area contributed by atoms with Gasteiger partial charge in [-0.1, -0.05) is 0 Å². The third-order valence-electron chi connectivity index (χ3n) is 1.00. The van der Waals surface area contributed by atoms with Gasteiger partial charge in [-0.15, -0.1) is 0 Å². The molecule has 0 heterocycles. The monoisotopic (exact) mass is 226 g/mol. The van der Waals surface area contributed by atoms with Crippen molar-refractivity contribution in [2.24, 2.45) is 0 Å². The highest BCUT2D eigenvalue weighted by Crippen LogP contribution is 2.24. The van der Waals surface area contributed by atoms with E-state index in [2.05, 4.69) is 15.4 Å². The largest absolute Gasteiger partial charge is 0.415 e. The molecule has 0 spiro atoms. The van der Waals surface area contributed by atoms with E-state index in [0.717, 1.165) is 7.11 Å². The summed E-state index contributed by atoms with van der Waals surface area (Å²) in [4.78, 5) is 0. The molecule has 1 unspecified atom stereocenters. The summed E-state index contributed by atoms with van der Waals surface area (Å²) in [6, 6.07) is 0. The molecule has 0 fully saturated rings. The highest BCUT2D eigenvalue weighted by Gasteiger charge is 2.42. The summed E-state index contributed by atoms with van der Waals surface area (Å²) in [6.07, 6.45) is -7.07. The smallest absolute Gasteiger partial charge is 0.371 e. The van der Waals surface area contributed by atoms with Gasteiger partial charge in [-0.25, -0.2) is 8.42 Å². The average Bonchev–Trinajstić information content (AvgIpc) is 1.78. The van der Waals surface area contributed by atoms with Gasteiger partial charge >= 0.3 is 6.18 Å². The topological polar surface area (TPSA) is 43.4 Å². The number of methoxy groups -OCH3 is 1. The van der Waals surface area contributed by atoms with Crippen LogP contribution in [0, 0.1) is 0 Å². The van der Waals surface area contributed by atoms with Crippen molar-refractivity contribution in [1.82, 2.24) is 0 Å². The lowest BCUT2D eigenvalue weighted by atomic mass is 10.4. The Bertz CT molecular complexity index is 234. The van der Waals surface area contributed by atoms with Gasteiger partial charge in [0.15, 0.2) is 6.10 Å². The third kappa shape index (κ3) is 4.78. The molecule has 8 heteroatoms. The molecule has 0 bridgehead atoms. The minimum absolute atomic E-state index is 0.764. The lowest BCUT2D eigenvalue weighted by Gasteiger charge is -2.16. The molecule has 0 aliphatic rings. The minimum Gasteiger partial charge on any atom is -0.371 e. The summed E-state index contributed by atoms with van der Waals surface area (Å²) in [6.45, 7) is 0. The SMILES string of the molecule is COC(CS(=O)(=O)Cl)C(F)(F)F. The fraction of sp³-hybridized carbons (Fsp3) is 1.00. The predicted octanol–water partition coefficient (Wildman–Crippen LogP) is 1.13. The van der Waals surface area contributed by atoms with Gasteiger partial charge in [0.2, 0.25) is 9.05 Å². The highest BCUT2D eigenvalue weighted by molar-refractivity contribution is 8.13. The molecule has 0 saturated heterocycles. The zero-order valence-corrected chi connectivity index (χ0v) is 7.50. The molecule has 0 saturated carbocycles. The Morgan fingerprint density at radius 1 is 1.50 bits per heavy atom. The van der Waals surface area contributed by atoms with E-state index in [1.165, 1.54) is 0 Å². The van der Waals surface area contributed by atoms with Crippen LogP contribution in [0.5, 0.6) is 0 Å². The van der Waals surface area contributed by atoms with Crippen LogP contribution in [-0.4, -0.2) is 33.6 Å². The maximum Gasteiger partial charge on any atom is 0.415 e. The molecule has 0 amide bonds. The van der Waals surface area contributed by atoms with Gasteiger partial charge in [-0.05, 0) is 0 Å². The standard InChI is InChI=1S/C4H6ClF3O3S/c1-11-3(4(6,7)8)2-12(5,9)10/h3H,2H2,1H3. The van der Waals surface area contributed by atoms with Crippen molar-refractivity contribution in [2.45, 2.75) is 12.3 Å². The van der Waals surface area contributed by atoms with Crippen LogP contribution in [0.2, 0.25) is 0 Å². The molecule has 3 nitrogen and oxygen atoms in total. The van der Waals surface area contributed by atoms with E-state index < -0.39 is 27.1 Å². The van der Waals surface area contributed by atoms with Crippen molar-refractivity contribution in [1.29, 1.82) is 0 Å². The maximum absolute atomic E-state index is 11.8. The van der Waals surface area contributed by atoms with Gasteiger partial charge < -0.3 is 4.74 Å². The molecule has 0 rings (SSSR count). The van der Waals surface area contributed by atoms with Gasteiger partial charge in [0.05, 0.1) is 5.75 Å². The molecule has 0 aliphatic heterocycles. The number of ether oxygens (including phenoxy) is 1. The van der Waals surface area contributed by atoms with Crippen LogP contribution in [0.4, 0.5) is 13.2 Å².